The lowest BCUT2D eigenvalue weighted by Gasteiger charge is -2.32. The SMILES string of the molecule is Cc1ccc(S(=O)(=O)N2CCC(C(=O)N[C@@H](c3ccccc3)c3cccs3)CC2)c(C)c1. The van der Waals surface area contributed by atoms with E-state index < -0.39 is 10.0 Å². The Hall–Kier alpha value is -2.48. The van der Waals surface area contributed by atoms with Crippen molar-refractivity contribution in [3.05, 3.63) is 87.6 Å². The summed E-state index contributed by atoms with van der Waals surface area (Å²) in [6.07, 6.45) is 1.03. The molecule has 1 N–H and O–H groups in total. The van der Waals surface area contributed by atoms with Crippen molar-refractivity contribution in [1.29, 1.82) is 0 Å². The third kappa shape index (κ3) is 4.80. The lowest BCUT2D eigenvalue weighted by molar-refractivity contribution is -0.126. The molecular weight excluding hydrogens is 440 g/mol. The highest BCUT2D eigenvalue weighted by Gasteiger charge is 2.33. The molecular formula is C25H28N2O3S2. The summed E-state index contributed by atoms with van der Waals surface area (Å²) < 4.78 is 27.8. The first-order chi connectivity index (χ1) is 15.4. The smallest absolute Gasteiger partial charge is 0.243 e. The van der Waals surface area contributed by atoms with E-state index in [1.165, 1.54) is 4.31 Å². The van der Waals surface area contributed by atoms with Gasteiger partial charge in [0.25, 0.3) is 0 Å². The van der Waals surface area contributed by atoms with Crippen LogP contribution in [-0.2, 0) is 14.8 Å². The van der Waals surface area contributed by atoms with Crippen molar-refractivity contribution in [1.82, 2.24) is 9.62 Å². The molecule has 1 atom stereocenters. The summed E-state index contributed by atoms with van der Waals surface area (Å²) in [5.74, 6) is -0.220. The summed E-state index contributed by atoms with van der Waals surface area (Å²) in [4.78, 5) is 14.6. The Labute approximate surface area is 194 Å². The van der Waals surface area contributed by atoms with Gasteiger partial charge in [0.2, 0.25) is 15.9 Å². The summed E-state index contributed by atoms with van der Waals surface area (Å²) in [6.45, 7) is 4.48. The first kappa shape index (κ1) is 22.7. The largest absolute Gasteiger partial charge is 0.344 e. The van der Waals surface area contributed by atoms with Crippen LogP contribution in [-0.4, -0.2) is 31.7 Å². The molecule has 5 nitrogen and oxygen atoms in total. The Kier molecular flexibility index (Phi) is 6.79. The zero-order valence-corrected chi connectivity index (χ0v) is 20.0. The molecule has 1 aliphatic heterocycles. The number of hydrogen-bond donors (Lipinski definition) is 1. The van der Waals surface area contributed by atoms with E-state index in [2.05, 4.69) is 5.32 Å². The van der Waals surface area contributed by atoms with Gasteiger partial charge < -0.3 is 5.32 Å². The summed E-state index contributed by atoms with van der Waals surface area (Å²) in [5, 5.41) is 5.22. The summed E-state index contributed by atoms with van der Waals surface area (Å²) in [7, 11) is -3.56. The monoisotopic (exact) mass is 468 g/mol. The molecule has 1 aromatic heterocycles. The molecule has 32 heavy (non-hydrogen) atoms. The van der Waals surface area contributed by atoms with Gasteiger partial charge in [-0.2, -0.15) is 4.31 Å². The van der Waals surface area contributed by atoms with Crippen molar-refractivity contribution in [3.63, 3.8) is 0 Å². The van der Waals surface area contributed by atoms with E-state index >= 15 is 0 Å². The zero-order chi connectivity index (χ0) is 22.7. The number of nitrogens with one attached hydrogen (secondary N) is 1. The first-order valence-corrected chi connectivity index (χ1v) is 13.1. The molecule has 2 aromatic carbocycles. The summed E-state index contributed by atoms with van der Waals surface area (Å²) >= 11 is 1.62. The van der Waals surface area contributed by atoms with Gasteiger partial charge in [-0.3, -0.25) is 4.79 Å². The van der Waals surface area contributed by atoms with Crippen LogP contribution in [0.1, 0.15) is 40.5 Å². The maximum Gasteiger partial charge on any atom is 0.243 e. The Bertz CT molecular complexity index is 1170. The van der Waals surface area contributed by atoms with Gasteiger partial charge in [0.1, 0.15) is 0 Å². The van der Waals surface area contributed by atoms with E-state index in [0.29, 0.717) is 30.8 Å². The number of hydrogen-bond acceptors (Lipinski definition) is 4. The maximum absolute atomic E-state index is 13.1. The fourth-order valence-electron chi connectivity index (χ4n) is 4.27. The second-order valence-corrected chi connectivity index (χ2v) is 11.2. The van der Waals surface area contributed by atoms with Gasteiger partial charge in [-0.05, 0) is 55.3 Å². The van der Waals surface area contributed by atoms with Crippen LogP contribution in [0.25, 0.3) is 0 Å². The molecule has 1 amide bonds. The van der Waals surface area contributed by atoms with E-state index in [1.807, 2.05) is 73.8 Å². The van der Waals surface area contributed by atoms with Gasteiger partial charge in [-0.25, -0.2) is 8.42 Å². The van der Waals surface area contributed by atoms with E-state index in [9.17, 15) is 13.2 Å². The zero-order valence-electron chi connectivity index (χ0n) is 18.3. The Morgan fingerprint density at radius 2 is 1.75 bits per heavy atom. The predicted molar refractivity (Wildman–Crippen MR) is 128 cm³/mol. The van der Waals surface area contributed by atoms with Gasteiger partial charge in [0, 0.05) is 23.9 Å². The first-order valence-electron chi connectivity index (χ1n) is 10.8. The number of rotatable bonds is 6. The quantitative estimate of drug-likeness (QED) is 0.572. The lowest BCUT2D eigenvalue weighted by Crippen LogP contribution is -2.43. The van der Waals surface area contributed by atoms with E-state index in [0.717, 1.165) is 21.6 Å². The van der Waals surface area contributed by atoms with Crippen LogP contribution in [0.5, 0.6) is 0 Å². The number of carbonyl (C=O) groups excluding carboxylic acids is 1. The third-order valence-electron chi connectivity index (χ3n) is 6.02. The molecule has 0 spiro atoms. The molecule has 0 radical (unpaired) electrons. The molecule has 168 valence electrons. The number of benzene rings is 2. The molecule has 0 saturated carbocycles. The van der Waals surface area contributed by atoms with Gasteiger partial charge in [-0.15, -0.1) is 11.3 Å². The minimum Gasteiger partial charge on any atom is -0.344 e. The number of nitrogens with zero attached hydrogens (tertiary/aromatic N) is 1. The van der Waals surface area contributed by atoms with Crippen LogP contribution in [0.3, 0.4) is 0 Å². The van der Waals surface area contributed by atoms with Gasteiger partial charge in [0.05, 0.1) is 10.9 Å². The summed E-state index contributed by atoms with van der Waals surface area (Å²) in [5.41, 5.74) is 2.83. The molecule has 1 aliphatic rings. The highest BCUT2D eigenvalue weighted by atomic mass is 32.2. The maximum atomic E-state index is 13.1. The molecule has 0 bridgehead atoms. The minimum absolute atomic E-state index is 0.0178. The van der Waals surface area contributed by atoms with Crippen molar-refractivity contribution in [2.75, 3.05) is 13.1 Å². The second kappa shape index (κ2) is 9.57. The summed E-state index contributed by atoms with van der Waals surface area (Å²) in [6, 6.07) is 19.2. The molecule has 4 rings (SSSR count). The van der Waals surface area contributed by atoms with Crippen molar-refractivity contribution in [2.45, 2.75) is 37.6 Å². The molecule has 0 aliphatic carbocycles. The van der Waals surface area contributed by atoms with E-state index in [-0.39, 0.29) is 17.9 Å². The Morgan fingerprint density at radius 1 is 1.03 bits per heavy atom. The molecule has 1 fully saturated rings. The molecule has 3 aromatic rings. The van der Waals surface area contributed by atoms with Crippen LogP contribution in [0.2, 0.25) is 0 Å². The molecule has 0 unspecified atom stereocenters. The Morgan fingerprint density at radius 3 is 2.38 bits per heavy atom. The molecule has 2 heterocycles. The predicted octanol–water partition coefficient (Wildman–Crippen LogP) is 4.67. The lowest BCUT2D eigenvalue weighted by atomic mass is 9.96. The highest BCUT2D eigenvalue weighted by Crippen LogP contribution is 2.29. The van der Waals surface area contributed by atoms with Crippen molar-refractivity contribution < 1.29 is 13.2 Å². The number of amides is 1. The van der Waals surface area contributed by atoms with E-state index in [1.54, 1.807) is 17.4 Å². The third-order valence-corrected chi connectivity index (χ3v) is 9.02. The number of aryl methyl sites for hydroxylation is 2. The van der Waals surface area contributed by atoms with Crippen molar-refractivity contribution in [3.8, 4) is 0 Å². The van der Waals surface area contributed by atoms with Crippen LogP contribution >= 0.6 is 11.3 Å². The molecule has 1 saturated heterocycles. The minimum atomic E-state index is -3.56. The topological polar surface area (TPSA) is 66.5 Å². The normalized spacial score (nSPS) is 16.6. The number of piperidine rings is 1. The highest BCUT2D eigenvalue weighted by molar-refractivity contribution is 7.89. The van der Waals surface area contributed by atoms with Gasteiger partial charge in [0.15, 0.2) is 0 Å². The van der Waals surface area contributed by atoms with Crippen LogP contribution in [0, 0.1) is 19.8 Å². The average molecular weight is 469 g/mol. The van der Waals surface area contributed by atoms with Crippen molar-refractivity contribution >= 4 is 27.3 Å². The molecule has 7 heteroatoms. The number of sulfonamides is 1. The van der Waals surface area contributed by atoms with E-state index in [4.69, 9.17) is 0 Å². The number of thiophene rings is 1. The van der Waals surface area contributed by atoms with Crippen LogP contribution in [0.4, 0.5) is 0 Å². The average Bonchev–Trinajstić information content (AvgIpc) is 3.32. The Balaban J connectivity index is 1.44. The van der Waals surface area contributed by atoms with Crippen LogP contribution in [0.15, 0.2) is 70.9 Å². The fourth-order valence-corrected chi connectivity index (χ4v) is 6.74. The second-order valence-electron chi connectivity index (χ2n) is 8.32. The van der Waals surface area contributed by atoms with Gasteiger partial charge in [-0.1, -0.05) is 54.1 Å². The van der Waals surface area contributed by atoms with Crippen molar-refractivity contribution in [2.24, 2.45) is 5.92 Å². The van der Waals surface area contributed by atoms with Gasteiger partial charge >= 0.3 is 0 Å². The number of carbonyl (C=O) groups is 1. The van der Waals surface area contributed by atoms with Crippen LogP contribution < -0.4 is 5.32 Å². The fraction of sp³-hybridized carbons (Fsp3) is 0.320. The standard InChI is InChI=1S/C25H28N2O3S2/c1-18-10-11-23(19(2)17-18)32(29,30)27-14-12-21(13-15-27)25(28)26-24(22-9-6-16-31-22)20-7-4-3-5-8-20/h3-11,16-17,21,24H,12-15H2,1-2H3,(H,26,28)/t24-/m0/s1.